The first kappa shape index (κ1) is 25.4. The molecule has 192 valence electrons. The molecule has 1 saturated carbocycles. The van der Waals surface area contributed by atoms with E-state index < -0.39 is 0 Å². The van der Waals surface area contributed by atoms with Crippen LogP contribution in [-0.4, -0.2) is 86.6 Å². The van der Waals surface area contributed by atoms with Crippen LogP contribution in [0.2, 0.25) is 0 Å². The van der Waals surface area contributed by atoms with Crippen LogP contribution in [-0.2, 0) is 14.3 Å². The van der Waals surface area contributed by atoms with Crippen molar-refractivity contribution >= 4 is 23.4 Å². The second-order valence-electron chi connectivity index (χ2n) is 10.2. The van der Waals surface area contributed by atoms with Crippen molar-refractivity contribution in [3.8, 4) is 5.75 Å². The molecular weight excluding hydrogens is 448 g/mol. The lowest BCUT2D eigenvalue weighted by Crippen LogP contribution is -2.54. The third-order valence-electron chi connectivity index (χ3n) is 7.27. The van der Waals surface area contributed by atoms with E-state index in [1.54, 1.807) is 30.1 Å². The first-order valence-electron chi connectivity index (χ1n) is 12.7. The van der Waals surface area contributed by atoms with Gasteiger partial charge in [0.1, 0.15) is 18.5 Å². The highest BCUT2D eigenvalue weighted by Gasteiger charge is 2.39. The summed E-state index contributed by atoms with van der Waals surface area (Å²) in [7, 11) is 5.81. The van der Waals surface area contributed by atoms with Crippen LogP contribution in [0.3, 0.4) is 0 Å². The summed E-state index contributed by atoms with van der Waals surface area (Å²) in [4.78, 5) is 41.9. The summed E-state index contributed by atoms with van der Waals surface area (Å²) in [5, 5.41) is 5.91. The van der Waals surface area contributed by atoms with Crippen LogP contribution in [0.5, 0.6) is 5.75 Å². The van der Waals surface area contributed by atoms with Crippen LogP contribution in [0.1, 0.15) is 55.3 Å². The molecule has 9 nitrogen and oxygen atoms in total. The van der Waals surface area contributed by atoms with Crippen LogP contribution in [0.15, 0.2) is 18.2 Å². The molecule has 2 fully saturated rings. The fourth-order valence-electron chi connectivity index (χ4n) is 4.92. The number of hydrogen-bond donors (Lipinski definition) is 2. The summed E-state index contributed by atoms with van der Waals surface area (Å²) in [5.74, 6) is 0.392. The number of carbonyl (C=O) groups is 3. The molecule has 0 bridgehead atoms. The van der Waals surface area contributed by atoms with E-state index in [-0.39, 0.29) is 41.9 Å². The minimum Gasteiger partial charge on any atom is -0.490 e. The zero-order chi connectivity index (χ0) is 24.9. The maximum atomic E-state index is 13.3. The van der Waals surface area contributed by atoms with Gasteiger partial charge in [-0.05, 0) is 70.9 Å². The van der Waals surface area contributed by atoms with E-state index >= 15 is 0 Å². The van der Waals surface area contributed by atoms with E-state index in [9.17, 15) is 14.4 Å². The molecule has 2 aliphatic heterocycles. The summed E-state index contributed by atoms with van der Waals surface area (Å²) in [6.45, 7) is 1.87. The molecule has 0 unspecified atom stereocenters. The van der Waals surface area contributed by atoms with Gasteiger partial charge in [-0.1, -0.05) is 6.42 Å². The van der Waals surface area contributed by atoms with Crippen molar-refractivity contribution in [3.05, 3.63) is 23.8 Å². The van der Waals surface area contributed by atoms with Crippen molar-refractivity contribution < 1.29 is 23.9 Å². The van der Waals surface area contributed by atoms with Crippen LogP contribution < -0.4 is 15.4 Å². The number of nitrogens with zero attached hydrogens (tertiary/aromatic N) is 2. The molecule has 1 aliphatic carbocycles. The molecule has 3 atom stereocenters. The zero-order valence-corrected chi connectivity index (χ0v) is 21.0. The van der Waals surface area contributed by atoms with Crippen molar-refractivity contribution in [2.24, 2.45) is 5.92 Å². The minimum absolute atomic E-state index is 0.00905. The predicted octanol–water partition coefficient (Wildman–Crippen LogP) is 2.26. The third-order valence-corrected chi connectivity index (χ3v) is 7.27. The summed E-state index contributed by atoms with van der Waals surface area (Å²) >= 11 is 0. The minimum atomic E-state index is -0.310. The average Bonchev–Trinajstić information content (AvgIpc) is 2.78. The summed E-state index contributed by atoms with van der Waals surface area (Å²) < 4.78 is 12.3. The number of benzene rings is 1. The van der Waals surface area contributed by atoms with Gasteiger partial charge in [0.15, 0.2) is 0 Å². The molecule has 2 N–H and O–H groups in total. The summed E-state index contributed by atoms with van der Waals surface area (Å²) in [6, 6.07) is 5.08. The highest BCUT2D eigenvalue weighted by Crippen LogP contribution is 2.33. The molecule has 2 heterocycles. The van der Waals surface area contributed by atoms with E-state index in [2.05, 4.69) is 15.5 Å². The Labute approximate surface area is 207 Å². The maximum Gasteiger partial charge on any atom is 0.257 e. The molecule has 1 aromatic carbocycles. The molecule has 3 amide bonds. The highest BCUT2D eigenvalue weighted by molar-refractivity contribution is 6.00. The molecule has 35 heavy (non-hydrogen) atoms. The number of nitrogens with one attached hydrogen (secondary N) is 2. The Kier molecular flexibility index (Phi) is 8.28. The molecule has 4 rings (SSSR count). The Morgan fingerprint density at radius 3 is 2.69 bits per heavy atom. The Morgan fingerprint density at radius 2 is 1.97 bits per heavy atom. The zero-order valence-electron chi connectivity index (χ0n) is 21.0. The normalized spacial score (nSPS) is 24.4. The molecule has 0 radical (unpaired) electrons. The van der Waals surface area contributed by atoms with Gasteiger partial charge in [-0.2, -0.15) is 0 Å². The number of amides is 3. The van der Waals surface area contributed by atoms with Gasteiger partial charge in [0, 0.05) is 25.2 Å². The van der Waals surface area contributed by atoms with Gasteiger partial charge in [0.05, 0.1) is 24.1 Å². The van der Waals surface area contributed by atoms with E-state index in [0.717, 1.165) is 38.6 Å². The van der Waals surface area contributed by atoms with Crippen molar-refractivity contribution in [2.45, 2.75) is 63.2 Å². The van der Waals surface area contributed by atoms with Crippen LogP contribution in [0.4, 0.5) is 5.69 Å². The predicted molar refractivity (Wildman–Crippen MR) is 132 cm³/mol. The second kappa shape index (κ2) is 11.4. The van der Waals surface area contributed by atoms with E-state index in [1.165, 1.54) is 0 Å². The fourth-order valence-corrected chi connectivity index (χ4v) is 4.92. The average molecular weight is 487 g/mol. The number of fused-ring (bicyclic) bond motifs is 2. The van der Waals surface area contributed by atoms with Crippen LogP contribution >= 0.6 is 0 Å². The quantitative estimate of drug-likeness (QED) is 0.547. The Hall–Kier alpha value is -2.65. The lowest BCUT2D eigenvalue weighted by atomic mass is 9.85. The largest absolute Gasteiger partial charge is 0.490 e. The van der Waals surface area contributed by atoms with E-state index in [1.807, 2.05) is 14.1 Å². The topological polar surface area (TPSA) is 100 Å². The van der Waals surface area contributed by atoms with Gasteiger partial charge in [0.25, 0.3) is 5.91 Å². The highest BCUT2D eigenvalue weighted by atomic mass is 16.5. The van der Waals surface area contributed by atoms with E-state index in [0.29, 0.717) is 43.0 Å². The third kappa shape index (κ3) is 6.32. The van der Waals surface area contributed by atoms with Crippen LogP contribution in [0, 0.1) is 5.92 Å². The second-order valence-corrected chi connectivity index (χ2v) is 10.2. The monoisotopic (exact) mass is 486 g/mol. The smallest absolute Gasteiger partial charge is 0.257 e. The van der Waals surface area contributed by atoms with Crippen molar-refractivity contribution in [2.75, 3.05) is 46.2 Å². The standard InChI is InChI=1S/C26H38N4O5/c1-29(2)13-5-12-27-24(31)15-19-9-10-21-23(35-19)16-34-22-11-8-18(14-20(22)26(33)30(21)3)28-25(32)17-6-4-7-17/h8,11,14,17,19,21,23H,4-7,9-10,12-13,15-16H2,1-3H3,(H,27,31)(H,28,32)/t19-,21-,23-/m0/s1. The van der Waals surface area contributed by atoms with Gasteiger partial charge in [0.2, 0.25) is 11.8 Å². The van der Waals surface area contributed by atoms with Gasteiger partial charge in [-0.25, -0.2) is 0 Å². The van der Waals surface area contributed by atoms with E-state index in [4.69, 9.17) is 9.47 Å². The first-order valence-corrected chi connectivity index (χ1v) is 12.7. The SMILES string of the molecule is CN(C)CCCNC(=O)C[C@@H]1CC[C@H]2[C@H](COc3ccc(NC(=O)C4CCC4)cc3C(=O)N2C)O1. The summed E-state index contributed by atoms with van der Waals surface area (Å²) in [6.07, 6.45) is 5.08. The summed E-state index contributed by atoms with van der Waals surface area (Å²) in [5.41, 5.74) is 1.05. The lowest BCUT2D eigenvalue weighted by molar-refractivity contribution is -0.134. The molecule has 3 aliphatic rings. The molecule has 0 aromatic heterocycles. The molecule has 9 heteroatoms. The molecule has 1 saturated heterocycles. The van der Waals surface area contributed by atoms with Crippen molar-refractivity contribution in [1.82, 2.24) is 15.1 Å². The number of rotatable bonds is 8. The lowest BCUT2D eigenvalue weighted by Gasteiger charge is -2.42. The Bertz CT molecular complexity index is 932. The van der Waals surface area contributed by atoms with Gasteiger partial charge < -0.3 is 29.9 Å². The number of carbonyl (C=O) groups excluding carboxylic acids is 3. The fraction of sp³-hybridized carbons (Fsp3) is 0.654. The number of anilines is 1. The number of likely N-dealkylation sites (N-methyl/N-ethyl adjacent to an activating group) is 1. The molecular formula is C26H38N4O5. The Balaban J connectivity index is 1.36. The van der Waals surface area contributed by atoms with Gasteiger partial charge in [-0.15, -0.1) is 0 Å². The van der Waals surface area contributed by atoms with Crippen molar-refractivity contribution in [3.63, 3.8) is 0 Å². The van der Waals surface area contributed by atoms with Gasteiger partial charge in [-0.3, -0.25) is 14.4 Å². The molecule has 0 spiro atoms. The maximum absolute atomic E-state index is 13.3. The number of ether oxygens (including phenoxy) is 2. The van der Waals surface area contributed by atoms with Gasteiger partial charge >= 0.3 is 0 Å². The van der Waals surface area contributed by atoms with Crippen molar-refractivity contribution in [1.29, 1.82) is 0 Å². The Morgan fingerprint density at radius 1 is 1.17 bits per heavy atom. The van der Waals surface area contributed by atoms with Crippen LogP contribution in [0.25, 0.3) is 0 Å². The number of hydrogen-bond acceptors (Lipinski definition) is 6. The molecule has 1 aromatic rings. The first-order chi connectivity index (χ1) is 16.8.